The minimum atomic E-state index is -0.0934. The van der Waals surface area contributed by atoms with Crippen molar-refractivity contribution in [3.8, 4) is 0 Å². The molecule has 0 fully saturated rings. The lowest BCUT2D eigenvalue weighted by molar-refractivity contribution is 0.103. The van der Waals surface area contributed by atoms with Crippen molar-refractivity contribution in [2.75, 3.05) is 18.5 Å². The van der Waals surface area contributed by atoms with Gasteiger partial charge < -0.3 is 4.90 Å². The molecular formula is C16H15ClN2O2. The predicted octanol–water partition coefficient (Wildman–Crippen LogP) is 2.57. The van der Waals surface area contributed by atoms with Gasteiger partial charge in [-0.1, -0.05) is 11.6 Å². The first-order valence-corrected chi connectivity index (χ1v) is 7.21. The van der Waals surface area contributed by atoms with E-state index in [2.05, 4.69) is 0 Å². The van der Waals surface area contributed by atoms with Crippen LogP contribution in [0, 0.1) is 0 Å². The number of ketones is 1. The SMILES string of the molecule is CN1CCCn2c1c(C(=O)c1ccc(Cl)cc1)ccc2=O. The topological polar surface area (TPSA) is 42.3 Å². The minimum Gasteiger partial charge on any atom is -0.360 e. The second-order valence-corrected chi connectivity index (χ2v) is 5.61. The summed E-state index contributed by atoms with van der Waals surface area (Å²) in [5.41, 5.74) is 1.06. The number of benzene rings is 1. The number of fused-ring (bicyclic) bond motifs is 1. The normalized spacial score (nSPS) is 13.9. The Balaban J connectivity index is 2.13. The van der Waals surface area contributed by atoms with Gasteiger partial charge in [-0.25, -0.2) is 0 Å². The Labute approximate surface area is 127 Å². The van der Waals surface area contributed by atoms with E-state index in [0.29, 0.717) is 28.5 Å². The monoisotopic (exact) mass is 302 g/mol. The molecule has 0 amide bonds. The first kappa shape index (κ1) is 13.9. The molecule has 0 atom stereocenters. The molecule has 1 aromatic heterocycles. The molecule has 0 N–H and O–H groups in total. The Morgan fingerprint density at radius 2 is 1.81 bits per heavy atom. The van der Waals surface area contributed by atoms with E-state index in [4.69, 9.17) is 11.6 Å². The van der Waals surface area contributed by atoms with Crippen molar-refractivity contribution in [1.29, 1.82) is 0 Å². The zero-order valence-electron chi connectivity index (χ0n) is 11.7. The van der Waals surface area contributed by atoms with Crippen LogP contribution in [-0.4, -0.2) is 23.9 Å². The van der Waals surface area contributed by atoms with E-state index in [0.717, 1.165) is 13.0 Å². The van der Waals surface area contributed by atoms with Gasteiger partial charge in [0.1, 0.15) is 5.82 Å². The van der Waals surface area contributed by atoms with Crippen molar-refractivity contribution in [2.24, 2.45) is 0 Å². The van der Waals surface area contributed by atoms with Gasteiger partial charge in [-0.15, -0.1) is 0 Å². The highest BCUT2D eigenvalue weighted by atomic mass is 35.5. The molecule has 2 aromatic rings. The average Bonchev–Trinajstić information content (AvgIpc) is 2.49. The molecule has 5 heteroatoms. The lowest BCUT2D eigenvalue weighted by Crippen LogP contribution is -2.36. The number of aromatic nitrogens is 1. The summed E-state index contributed by atoms with van der Waals surface area (Å²) in [5.74, 6) is 0.609. The summed E-state index contributed by atoms with van der Waals surface area (Å²) in [6, 6.07) is 9.88. The fourth-order valence-electron chi connectivity index (χ4n) is 2.70. The van der Waals surface area contributed by atoms with Crippen LogP contribution in [0.15, 0.2) is 41.2 Å². The Morgan fingerprint density at radius 1 is 1.10 bits per heavy atom. The first-order chi connectivity index (χ1) is 10.1. The predicted molar refractivity (Wildman–Crippen MR) is 83.5 cm³/mol. The first-order valence-electron chi connectivity index (χ1n) is 6.83. The zero-order valence-corrected chi connectivity index (χ0v) is 12.4. The Bertz CT molecular complexity index is 750. The van der Waals surface area contributed by atoms with E-state index in [-0.39, 0.29) is 11.3 Å². The van der Waals surface area contributed by atoms with Crippen LogP contribution in [0.3, 0.4) is 0 Å². The van der Waals surface area contributed by atoms with Gasteiger partial charge in [0.05, 0.1) is 5.56 Å². The van der Waals surface area contributed by atoms with Crippen LogP contribution in [0.1, 0.15) is 22.3 Å². The molecule has 108 valence electrons. The van der Waals surface area contributed by atoms with Gasteiger partial charge in [0.25, 0.3) is 5.56 Å². The average molecular weight is 303 g/mol. The Hall–Kier alpha value is -2.07. The van der Waals surface area contributed by atoms with E-state index in [1.165, 1.54) is 6.07 Å². The highest BCUT2D eigenvalue weighted by molar-refractivity contribution is 6.30. The minimum absolute atomic E-state index is 0.0655. The molecule has 1 aliphatic heterocycles. The highest BCUT2D eigenvalue weighted by Gasteiger charge is 2.23. The number of hydrogen-bond acceptors (Lipinski definition) is 3. The van der Waals surface area contributed by atoms with E-state index >= 15 is 0 Å². The molecule has 21 heavy (non-hydrogen) atoms. The molecule has 0 saturated carbocycles. The fourth-order valence-corrected chi connectivity index (χ4v) is 2.83. The summed E-state index contributed by atoms with van der Waals surface area (Å²) in [5, 5.41) is 0.593. The molecule has 1 aromatic carbocycles. The third-order valence-electron chi connectivity index (χ3n) is 3.74. The molecule has 2 heterocycles. The molecule has 0 radical (unpaired) electrons. The zero-order chi connectivity index (χ0) is 15.0. The quantitative estimate of drug-likeness (QED) is 0.801. The molecule has 0 bridgehead atoms. The standard InChI is InChI=1S/C16H15ClN2O2/c1-18-9-2-10-19-14(20)8-7-13(16(18)19)15(21)11-3-5-12(17)6-4-11/h3-8H,2,9-10H2,1H3. The summed E-state index contributed by atoms with van der Waals surface area (Å²) >= 11 is 5.86. The van der Waals surface area contributed by atoms with Gasteiger partial charge in [0.15, 0.2) is 5.78 Å². The van der Waals surface area contributed by atoms with Gasteiger partial charge >= 0.3 is 0 Å². The van der Waals surface area contributed by atoms with Crippen molar-refractivity contribution in [2.45, 2.75) is 13.0 Å². The molecule has 0 unspecified atom stereocenters. The number of halogens is 1. The van der Waals surface area contributed by atoms with E-state index in [9.17, 15) is 9.59 Å². The number of nitrogens with zero attached hydrogens (tertiary/aromatic N) is 2. The second kappa shape index (κ2) is 5.37. The summed E-state index contributed by atoms with van der Waals surface area (Å²) in [7, 11) is 1.91. The van der Waals surface area contributed by atoms with Crippen LogP contribution >= 0.6 is 11.6 Å². The second-order valence-electron chi connectivity index (χ2n) is 5.17. The van der Waals surface area contributed by atoms with Gasteiger partial charge in [-0.2, -0.15) is 0 Å². The van der Waals surface area contributed by atoms with Gasteiger partial charge in [-0.3, -0.25) is 14.2 Å². The summed E-state index contributed by atoms with van der Waals surface area (Å²) in [6.45, 7) is 1.49. The van der Waals surface area contributed by atoms with E-state index in [1.54, 1.807) is 34.9 Å². The molecule has 3 rings (SSSR count). The largest absolute Gasteiger partial charge is 0.360 e. The Kier molecular flexibility index (Phi) is 3.55. The van der Waals surface area contributed by atoms with Crippen LogP contribution in [0.4, 0.5) is 5.82 Å². The van der Waals surface area contributed by atoms with Crippen molar-refractivity contribution < 1.29 is 4.79 Å². The molecular weight excluding hydrogens is 288 g/mol. The van der Waals surface area contributed by atoms with Crippen molar-refractivity contribution in [3.63, 3.8) is 0 Å². The van der Waals surface area contributed by atoms with Crippen LogP contribution < -0.4 is 10.5 Å². The lowest BCUT2D eigenvalue weighted by atomic mass is 10.0. The summed E-state index contributed by atoms with van der Waals surface area (Å²) < 4.78 is 1.67. The van der Waals surface area contributed by atoms with Gasteiger partial charge in [0, 0.05) is 36.8 Å². The summed E-state index contributed by atoms with van der Waals surface area (Å²) in [4.78, 5) is 26.6. The van der Waals surface area contributed by atoms with E-state index < -0.39 is 0 Å². The third kappa shape index (κ3) is 2.47. The lowest BCUT2D eigenvalue weighted by Gasteiger charge is -2.30. The number of carbonyl (C=O) groups excluding carboxylic acids is 1. The number of rotatable bonds is 2. The maximum absolute atomic E-state index is 12.7. The number of pyridine rings is 1. The Morgan fingerprint density at radius 3 is 2.52 bits per heavy atom. The molecule has 0 aliphatic carbocycles. The van der Waals surface area contributed by atoms with Crippen molar-refractivity contribution in [3.05, 3.63) is 62.9 Å². The molecule has 4 nitrogen and oxygen atoms in total. The number of carbonyl (C=O) groups is 1. The number of anilines is 1. The third-order valence-corrected chi connectivity index (χ3v) is 4.00. The van der Waals surface area contributed by atoms with E-state index in [1.807, 2.05) is 11.9 Å². The smallest absolute Gasteiger partial charge is 0.252 e. The molecule has 0 spiro atoms. The maximum atomic E-state index is 12.7. The van der Waals surface area contributed by atoms with Gasteiger partial charge in [0.2, 0.25) is 0 Å². The van der Waals surface area contributed by atoms with Crippen molar-refractivity contribution >= 4 is 23.2 Å². The number of hydrogen-bond donors (Lipinski definition) is 0. The highest BCUT2D eigenvalue weighted by Crippen LogP contribution is 2.25. The van der Waals surface area contributed by atoms with Crippen LogP contribution in [0.5, 0.6) is 0 Å². The van der Waals surface area contributed by atoms with Gasteiger partial charge in [-0.05, 0) is 36.8 Å². The van der Waals surface area contributed by atoms with Crippen LogP contribution in [0.25, 0.3) is 0 Å². The fraction of sp³-hybridized carbons (Fsp3) is 0.250. The molecule has 0 saturated heterocycles. The maximum Gasteiger partial charge on any atom is 0.252 e. The van der Waals surface area contributed by atoms with Crippen LogP contribution in [0.2, 0.25) is 5.02 Å². The summed E-state index contributed by atoms with van der Waals surface area (Å²) in [6.07, 6.45) is 0.905. The van der Waals surface area contributed by atoms with Crippen LogP contribution in [-0.2, 0) is 6.54 Å². The van der Waals surface area contributed by atoms with Crippen molar-refractivity contribution in [1.82, 2.24) is 4.57 Å². The molecule has 1 aliphatic rings.